The van der Waals surface area contributed by atoms with Crippen LogP contribution in [0.25, 0.3) is 0 Å². The summed E-state index contributed by atoms with van der Waals surface area (Å²) in [5.41, 5.74) is 0.665. The molecule has 2 fully saturated rings. The number of rotatable bonds is 3. The molecule has 1 N–H and O–H groups in total. The van der Waals surface area contributed by atoms with Crippen LogP contribution in [0.15, 0.2) is 0 Å². The van der Waals surface area contributed by atoms with Gasteiger partial charge in [0.15, 0.2) is 0 Å². The van der Waals surface area contributed by atoms with E-state index in [1.54, 1.807) is 0 Å². The molecule has 0 unspecified atom stereocenters. The minimum Gasteiger partial charge on any atom is -0.343 e. The minimum atomic E-state index is 0.154. The van der Waals surface area contributed by atoms with E-state index in [2.05, 4.69) is 31.0 Å². The lowest BCUT2D eigenvalue weighted by Crippen LogP contribution is -2.44. The lowest BCUT2D eigenvalue weighted by Gasteiger charge is -2.39. The van der Waals surface area contributed by atoms with Crippen molar-refractivity contribution in [2.75, 3.05) is 26.2 Å². The van der Waals surface area contributed by atoms with Crippen LogP contribution in [0.1, 0.15) is 52.9 Å². The van der Waals surface area contributed by atoms with Crippen LogP contribution in [0.5, 0.6) is 0 Å². The molecule has 104 valence electrons. The van der Waals surface area contributed by atoms with Crippen LogP contribution in [0.4, 0.5) is 0 Å². The number of hydrogen-bond acceptors (Lipinski definition) is 2. The molecule has 0 saturated carbocycles. The van der Waals surface area contributed by atoms with E-state index in [0.29, 0.717) is 17.7 Å². The number of likely N-dealkylation sites (tertiary alicyclic amines) is 1. The average Bonchev–Trinajstić information content (AvgIpc) is 2.78. The zero-order valence-corrected chi connectivity index (χ0v) is 12.2. The number of amides is 1. The average molecular weight is 252 g/mol. The zero-order chi connectivity index (χ0) is 13.2. The lowest BCUT2D eigenvalue weighted by atomic mass is 9.77. The highest BCUT2D eigenvalue weighted by Gasteiger charge is 2.38. The summed E-state index contributed by atoms with van der Waals surface area (Å²) in [5.74, 6) is 0.364. The first-order valence-electron chi connectivity index (χ1n) is 7.45. The van der Waals surface area contributed by atoms with Crippen molar-refractivity contribution >= 4 is 5.91 Å². The summed E-state index contributed by atoms with van der Waals surface area (Å²) >= 11 is 0. The van der Waals surface area contributed by atoms with Crippen LogP contribution in [-0.4, -0.2) is 37.0 Å². The van der Waals surface area contributed by atoms with E-state index < -0.39 is 0 Å². The smallest absolute Gasteiger partial charge is 0.223 e. The second kappa shape index (κ2) is 5.20. The summed E-state index contributed by atoms with van der Waals surface area (Å²) in [6.45, 7) is 10.8. The Kier molecular flexibility index (Phi) is 4.00. The largest absolute Gasteiger partial charge is 0.343 e. The van der Waals surface area contributed by atoms with Crippen molar-refractivity contribution in [2.24, 2.45) is 10.8 Å². The van der Waals surface area contributed by atoms with Crippen LogP contribution in [0.3, 0.4) is 0 Å². The second-order valence-corrected chi connectivity index (χ2v) is 7.00. The molecule has 2 saturated heterocycles. The van der Waals surface area contributed by atoms with Gasteiger partial charge in [-0.05, 0) is 36.6 Å². The normalized spacial score (nSPS) is 23.6. The fraction of sp³-hybridized carbons (Fsp3) is 0.933. The Bertz CT molecular complexity index is 296. The van der Waals surface area contributed by atoms with Crippen LogP contribution in [-0.2, 0) is 4.79 Å². The fourth-order valence-corrected chi connectivity index (χ4v) is 3.10. The molecule has 3 nitrogen and oxygen atoms in total. The predicted molar refractivity (Wildman–Crippen MR) is 74.4 cm³/mol. The molecule has 0 aliphatic carbocycles. The molecule has 1 amide bonds. The third-order valence-corrected chi connectivity index (χ3v) is 5.10. The maximum atomic E-state index is 12.3. The number of carbonyl (C=O) groups excluding carboxylic acids is 1. The molecule has 18 heavy (non-hydrogen) atoms. The van der Waals surface area contributed by atoms with E-state index in [1.807, 2.05) is 0 Å². The summed E-state index contributed by atoms with van der Waals surface area (Å²) in [6.07, 6.45) is 5.46. The first-order valence-corrected chi connectivity index (χ1v) is 7.45. The van der Waals surface area contributed by atoms with Crippen LogP contribution < -0.4 is 5.32 Å². The zero-order valence-electron chi connectivity index (χ0n) is 12.2. The maximum absolute atomic E-state index is 12.3. The topological polar surface area (TPSA) is 32.3 Å². The van der Waals surface area contributed by atoms with Crippen molar-refractivity contribution in [3.8, 4) is 0 Å². The molecule has 0 bridgehead atoms. The second-order valence-electron chi connectivity index (χ2n) is 7.00. The number of piperidine rings is 1. The summed E-state index contributed by atoms with van der Waals surface area (Å²) < 4.78 is 0. The highest BCUT2D eigenvalue weighted by atomic mass is 16.2. The Morgan fingerprint density at radius 2 is 1.94 bits per heavy atom. The highest BCUT2D eigenvalue weighted by molar-refractivity contribution is 5.77. The summed E-state index contributed by atoms with van der Waals surface area (Å²) in [7, 11) is 0. The molecule has 2 aliphatic heterocycles. The molecular formula is C15H28N2O. The van der Waals surface area contributed by atoms with Gasteiger partial charge in [-0.25, -0.2) is 0 Å². The van der Waals surface area contributed by atoms with Gasteiger partial charge in [0.1, 0.15) is 0 Å². The Morgan fingerprint density at radius 1 is 1.28 bits per heavy atom. The van der Waals surface area contributed by atoms with E-state index in [4.69, 9.17) is 0 Å². The van der Waals surface area contributed by atoms with Crippen molar-refractivity contribution in [2.45, 2.75) is 52.9 Å². The SMILES string of the molecule is CCC(C)(C)CC(=O)N1CCC2(CCNC2)CC1. The molecule has 3 heteroatoms. The standard InChI is InChI=1S/C15H28N2O/c1-4-14(2,3)11-13(18)17-9-6-15(7-10-17)5-8-16-12-15/h16H,4-12H2,1-3H3. The van der Waals surface area contributed by atoms with Gasteiger partial charge in [-0.3, -0.25) is 4.79 Å². The lowest BCUT2D eigenvalue weighted by molar-refractivity contribution is -0.135. The van der Waals surface area contributed by atoms with E-state index >= 15 is 0 Å². The van der Waals surface area contributed by atoms with Gasteiger partial charge in [0.25, 0.3) is 0 Å². The Labute approximate surface area is 111 Å². The number of carbonyl (C=O) groups is 1. The van der Waals surface area contributed by atoms with Crippen LogP contribution >= 0.6 is 0 Å². The molecule has 2 heterocycles. The molecule has 0 atom stereocenters. The van der Waals surface area contributed by atoms with Crippen molar-refractivity contribution in [1.82, 2.24) is 10.2 Å². The third kappa shape index (κ3) is 3.05. The number of nitrogens with zero attached hydrogens (tertiary/aromatic N) is 1. The van der Waals surface area contributed by atoms with Gasteiger partial charge in [0.05, 0.1) is 0 Å². The minimum absolute atomic E-state index is 0.154. The molecular weight excluding hydrogens is 224 g/mol. The molecule has 2 aliphatic rings. The van der Waals surface area contributed by atoms with E-state index in [0.717, 1.165) is 32.6 Å². The molecule has 0 aromatic carbocycles. The van der Waals surface area contributed by atoms with Crippen molar-refractivity contribution in [1.29, 1.82) is 0 Å². The first kappa shape index (κ1) is 13.9. The maximum Gasteiger partial charge on any atom is 0.223 e. The Morgan fingerprint density at radius 3 is 2.44 bits per heavy atom. The van der Waals surface area contributed by atoms with Gasteiger partial charge in [-0.15, -0.1) is 0 Å². The number of nitrogens with one attached hydrogen (secondary N) is 1. The van der Waals surface area contributed by atoms with Crippen molar-refractivity contribution in [3.05, 3.63) is 0 Å². The molecule has 0 radical (unpaired) electrons. The Balaban J connectivity index is 1.84. The quantitative estimate of drug-likeness (QED) is 0.836. The molecule has 1 spiro atoms. The van der Waals surface area contributed by atoms with Gasteiger partial charge in [0.2, 0.25) is 5.91 Å². The highest BCUT2D eigenvalue weighted by Crippen LogP contribution is 2.37. The van der Waals surface area contributed by atoms with Gasteiger partial charge in [-0.1, -0.05) is 27.2 Å². The van der Waals surface area contributed by atoms with Gasteiger partial charge in [0, 0.05) is 26.1 Å². The van der Waals surface area contributed by atoms with E-state index in [-0.39, 0.29) is 5.41 Å². The van der Waals surface area contributed by atoms with Crippen molar-refractivity contribution < 1.29 is 4.79 Å². The molecule has 0 aromatic heterocycles. The van der Waals surface area contributed by atoms with Crippen molar-refractivity contribution in [3.63, 3.8) is 0 Å². The van der Waals surface area contributed by atoms with Gasteiger partial charge >= 0.3 is 0 Å². The predicted octanol–water partition coefficient (Wildman–Crippen LogP) is 2.41. The monoisotopic (exact) mass is 252 g/mol. The number of hydrogen-bond donors (Lipinski definition) is 1. The fourth-order valence-electron chi connectivity index (χ4n) is 3.10. The van der Waals surface area contributed by atoms with Crippen LogP contribution in [0.2, 0.25) is 0 Å². The summed E-state index contributed by atoms with van der Waals surface area (Å²) in [5, 5.41) is 3.47. The Hall–Kier alpha value is -0.570. The van der Waals surface area contributed by atoms with Crippen LogP contribution in [0, 0.1) is 10.8 Å². The third-order valence-electron chi connectivity index (χ3n) is 5.10. The van der Waals surface area contributed by atoms with Gasteiger partial charge in [-0.2, -0.15) is 0 Å². The molecule has 0 aromatic rings. The van der Waals surface area contributed by atoms with E-state index in [1.165, 1.54) is 19.3 Å². The van der Waals surface area contributed by atoms with Gasteiger partial charge < -0.3 is 10.2 Å². The molecule has 2 rings (SSSR count). The van der Waals surface area contributed by atoms with E-state index in [9.17, 15) is 4.79 Å². The summed E-state index contributed by atoms with van der Waals surface area (Å²) in [4.78, 5) is 14.4. The summed E-state index contributed by atoms with van der Waals surface area (Å²) in [6, 6.07) is 0. The first-order chi connectivity index (χ1) is 8.46.